The van der Waals surface area contributed by atoms with Crippen LogP contribution in [-0.2, 0) is 0 Å². The van der Waals surface area contributed by atoms with Gasteiger partial charge in [0.15, 0.2) is 0 Å². The van der Waals surface area contributed by atoms with Crippen LogP contribution in [0.2, 0.25) is 0 Å². The van der Waals surface area contributed by atoms with E-state index in [2.05, 4.69) is 0 Å². The van der Waals surface area contributed by atoms with Crippen molar-refractivity contribution in [3.8, 4) is 0 Å². The fraction of sp³-hybridized carbons (Fsp3) is 0.455. The molecule has 2 heteroatoms. The molecule has 0 spiro atoms. The lowest BCUT2D eigenvalue weighted by molar-refractivity contribution is 0.0886. The molecular weight excluding hydrogens is 162 g/mol. The summed E-state index contributed by atoms with van der Waals surface area (Å²) in [7, 11) is 1.98. The standard InChI is InChI=1S/C11H17NO/c1-11(2,13)9-12(3)10-7-5-4-6-8-10/h4-8,13H,9H2,1-3H3. The van der Waals surface area contributed by atoms with Gasteiger partial charge in [-0.2, -0.15) is 0 Å². The second kappa shape index (κ2) is 3.79. The number of anilines is 1. The van der Waals surface area contributed by atoms with E-state index < -0.39 is 5.60 Å². The van der Waals surface area contributed by atoms with E-state index >= 15 is 0 Å². The van der Waals surface area contributed by atoms with Gasteiger partial charge in [0.1, 0.15) is 0 Å². The summed E-state index contributed by atoms with van der Waals surface area (Å²) in [5.41, 5.74) is 0.481. The molecule has 0 fully saturated rings. The zero-order valence-electron chi connectivity index (χ0n) is 8.49. The Morgan fingerprint density at radius 3 is 2.23 bits per heavy atom. The molecule has 0 bridgehead atoms. The predicted octanol–water partition coefficient (Wildman–Crippen LogP) is 1.89. The highest BCUT2D eigenvalue weighted by Gasteiger charge is 2.15. The Hall–Kier alpha value is -1.02. The Morgan fingerprint density at radius 1 is 1.23 bits per heavy atom. The van der Waals surface area contributed by atoms with Gasteiger partial charge in [-0.05, 0) is 26.0 Å². The van der Waals surface area contributed by atoms with Crippen molar-refractivity contribution in [3.63, 3.8) is 0 Å². The zero-order chi connectivity index (χ0) is 9.90. The molecule has 0 aliphatic carbocycles. The monoisotopic (exact) mass is 179 g/mol. The molecule has 0 unspecified atom stereocenters. The highest BCUT2D eigenvalue weighted by atomic mass is 16.3. The van der Waals surface area contributed by atoms with Gasteiger partial charge in [-0.3, -0.25) is 0 Å². The highest BCUT2D eigenvalue weighted by Crippen LogP contribution is 2.14. The largest absolute Gasteiger partial charge is 0.389 e. The summed E-state index contributed by atoms with van der Waals surface area (Å²) in [6.07, 6.45) is 0. The van der Waals surface area contributed by atoms with Gasteiger partial charge in [-0.15, -0.1) is 0 Å². The number of aliphatic hydroxyl groups is 1. The van der Waals surface area contributed by atoms with Crippen LogP contribution in [0.5, 0.6) is 0 Å². The van der Waals surface area contributed by atoms with Gasteiger partial charge in [-0.25, -0.2) is 0 Å². The second-order valence-electron chi connectivity index (χ2n) is 4.00. The Bertz CT molecular complexity index is 251. The van der Waals surface area contributed by atoms with Gasteiger partial charge < -0.3 is 10.0 Å². The van der Waals surface area contributed by atoms with Crippen molar-refractivity contribution < 1.29 is 5.11 Å². The van der Waals surface area contributed by atoms with Crippen molar-refractivity contribution in [2.24, 2.45) is 0 Å². The molecule has 0 aromatic heterocycles. The maximum atomic E-state index is 9.61. The molecule has 1 aromatic carbocycles. The number of hydrogen-bond acceptors (Lipinski definition) is 2. The number of benzene rings is 1. The highest BCUT2D eigenvalue weighted by molar-refractivity contribution is 5.45. The number of hydrogen-bond donors (Lipinski definition) is 1. The maximum Gasteiger partial charge on any atom is 0.0765 e. The van der Waals surface area contributed by atoms with Crippen molar-refractivity contribution in [2.75, 3.05) is 18.5 Å². The molecule has 1 rings (SSSR count). The lowest BCUT2D eigenvalue weighted by atomic mass is 10.1. The molecule has 72 valence electrons. The van der Waals surface area contributed by atoms with Gasteiger partial charge in [-0.1, -0.05) is 18.2 Å². The second-order valence-corrected chi connectivity index (χ2v) is 4.00. The zero-order valence-corrected chi connectivity index (χ0v) is 8.49. The normalized spacial score (nSPS) is 11.4. The maximum absolute atomic E-state index is 9.61. The minimum absolute atomic E-state index is 0.636. The van der Waals surface area contributed by atoms with Crippen molar-refractivity contribution in [3.05, 3.63) is 30.3 Å². The molecule has 0 amide bonds. The van der Waals surface area contributed by atoms with Gasteiger partial charge in [0.05, 0.1) is 5.60 Å². The summed E-state index contributed by atoms with van der Waals surface area (Å²) in [5, 5.41) is 9.61. The summed E-state index contributed by atoms with van der Waals surface area (Å²) in [6.45, 7) is 4.26. The molecule has 0 atom stereocenters. The van der Waals surface area contributed by atoms with E-state index in [4.69, 9.17) is 0 Å². The average molecular weight is 179 g/mol. The van der Waals surface area contributed by atoms with Crippen LogP contribution in [0.1, 0.15) is 13.8 Å². The fourth-order valence-corrected chi connectivity index (χ4v) is 1.35. The van der Waals surface area contributed by atoms with Crippen molar-refractivity contribution >= 4 is 5.69 Å². The average Bonchev–Trinajstić information content (AvgIpc) is 2.03. The molecule has 0 saturated heterocycles. The van der Waals surface area contributed by atoms with Gasteiger partial charge in [0.25, 0.3) is 0 Å². The number of nitrogens with zero attached hydrogens (tertiary/aromatic N) is 1. The van der Waals surface area contributed by atoms with Gasteiger partial charge in [0, 0.05) is 19.3 Å². The molecule has 1 N–H and O–H groups in total. The van der Waals surface area contributed by atoms with Crippen LogP contribution >= 0.6 is 0 Å². The first-order valence-electron chi connectivity index (χ1n) is 4.47. The van der Waals surface area contributed by atoms with Crippen molar-refractivity contribution in [1.82, 2.24) is 0 Å². The molecule has 0 radical (unpaired) electrons. The summed E-state index contributed by atoms with van der Waals surface area (Å²) >= 11 is 0. The summed E-state index contributed by atoms with van der Waals surface area (Å²) in [6, 6.07) is 10.0. The third-order valence-corrected chi connectivity index (χ3v) is 1.82. The van der Waals surface area contributed by atoms with E-state index in [1.165, 1.54) is 0 Å². The van der Waals surface area contributed by atoms with Crippen LogP contribution < -0.4 is 4.90 Å². The molecular formula is C11H17NO. The van der Waals surface area contributed by atoms with E-state index in [0.29, 0.717) is 6.54 Å². The molecule has 0 heterocycles. The Labute approximate surface area is 79.8 Å². The van der Waals surface area contributed by atoms with Crippen LogP contribution in [0.25, 0.3) is 0 Å². The molecule has 2 nitrogen and oxygen atoms in total. The van der Waals surface area contributed by atoms with Crippen molar-refractivity contribution in [1.29, 1.82) is 0 Å². The lowest BCUT2D eigenvalue weighted by Gasteiger charge is -2.27. The first kappa shape index (κ1) is 10.1. The summed E-state index contributed by atoms with van der Waals surface area (Å²) in [5.74, 6) is 0. The third-order valence-electron chi connectivity index (χ3n) is 1.82. The fourth-order valence-electron chi connectivity index (χ4n) is 1.35. The Kier molecular flexibility index (Phi) is 2.94. The summed E-state index contributed by atoms with van der Waals surface area (Å²) in [4.78, 5) is 2.04. The van der Waals surface area contributed by atoms with Gasteiger partial charge in [0.2, 0.25) is 0 Å². The molecule has 0 saturated carbocycles. The van der Waals surface area contributed by atoms with E-state index in [-0.39, 0.29) is 0 Å². The molecule has 0 aliphatic rings. The summed E-state index contributed by atoms with van der Waals surface area (Å²) < 4.78 is 0. The lowest BCUT2D eigenvalue weighted by Crippen LogP contribution is -2.36. The number of rotatable bonds is 3. The Balaban J connectivity index is 2.64. The van der Waals surface area contributed by atoms with E-state index in [1.54, 1.807) is 0 Å². The SMILES string of the molecule is CN(CC(C)(C)O)c1ccccc1. The van der Waals surface area contributed by atoms with E-state index in [9.17, 15) is 5.11 Å². The van der Waals surface area contributed by atoms with Gasteiger partial charge >= 0.3 is 0 Å². The van der Waals surface area contributed by atoms with Crippen LogP contribution in [0.3, 0.4) is 0 Å². The topological polar surface area (TPSA) is 23.5 Å². The third kappa shape index (κ3) is 3.47. The molecule has 1 aromatic rings. The van der Waals surface area contributed by atoms with Crippen molar-refractivity contribution in [2.45, 2.75) is 19.4 Å². The smallest absolute Gasteiger partial charge is 0.0765 e. The number of para-hydroxylation sites is 1. The molecule has 13 heavy (non-hydrogen) atoms. The predicted molar refractivity (Wildman–Crippen MR) is 56.0 cm³/mol. The van der Waals surface area contributed by atoms with Crippen LogP contribution in [0.15, 0.2) is 30.3 Å². The van der Waals surface area contributed by atoms with E-state index in [1.807, 2.05) is 56.1 Å². The Morgan fingerprint density at radius 2 is 1.77 bits per heavy atom. The minimum atomic E-state index is -0.648. The first-order chi connectivity index (χ1) is 5.99. The van der Waals surface area contributed by atoms with Crippen LogP contribution in [0, 0.1) is 0 Å². The molecule has 0 aliphatic heterocycles. The quantitative estimate of drug-likeness (QED) is 0.766. The minimum Gasteiger partial charge on any atom is -0.389 e. The first-order valence-corrected chi connectivity index (χ1v) is 4.47. The van der Waals surface area contributed by atoms with Crippen LogP contribution in [-0.4, -0.2) is 24.3 Å². The number of likely N-dealkylation sites (N-methyl/N-ethyl adjacent to an activating group) is 1. The van der Waals surface area contributed by atoms with Crippen LogP contribution in [0.4, 0.5) is 5.69 Å². The van der Waals surface area contributed by atoms with E-state index in [0.717, 1.165) is 5.69 Å².